The Morgan fingerprint density at radius 1 is 1.28 bits per heavy atom. The van der Waals surface area contributed by atoms with Crippen molar-refractivity contribution in [2.45, 2.75) is 38.0 Å². The van der Waals surface area contributed by atoms with Crippen molar-refractivity contribution in [2.75, 3.05) is 18.1 Å². The van der Waals surface area contributed by atoms with E-state index < -0.39 is 25.1 Å². The molecule has 0 aliphatic carbocycles. The van der Waals surface area contributed by atoms with Crippen molar-refractivity contribution < 1.29 is 16.8 Å². The zero-order chi connectivity index (χ0) is 14.0. The monoisotopic (exact) mass is 298 g/mol. The van der Waals surface area contributed by atoms with Crippen LogP contribution in [0.1, 0.15) is 26.7 Å². The first-order valence-corrected chi connectivity index (χ1v) is 9.45. The van der Waals surface area contributed by atoms with Crippen molar-refractivity contribution in [3.8, 4) is 0 Å². The fourth-order valence-corrected chi connectivity index (χ4v) is 5.05. The Labute approximate surface area is 109 Å². The molecule has 1 heterocycles. The molecule has 1 atom stereocenters. The highest BCUT2D eigenvalue weighted by atomic mass is 32.2. The maximum atomic E-state index is 12.0. The normalized spacial score (nSPS) is 23.1. The van der Waals surface area contributed by atoms with Gasteiger partial charge in [-0.3, -0.25) is 0 Å². The lowest BCUT2D eigenvalue weighted by molar-refractivity contribution is 0.477. The lowest BCUT2D eigenvalue weighted by Gasteiger charge is -2.24. The molecule has 108 valence electrons. The van der Waals surface area contributed by atoms with Crippen molar-refractivity contribution in [1.29, 1.82) is 0 Å². The third kappa shape index (κ3) is 4.49. The second-order valence-corrected chi connectivity index (χ2v) is 9.50. The number of hydrogen-bond donors (Lipinski definition) is 2. The second-order valence-electron chi connectivity index (χ2n) is 5.15. The number of sulfonamides is 1. The van der Waals surface area contributed by atoms with Gasteiger partial charge in [0.15, 0.2) is 0 Å². The zero-order valence-corrected chi connectivity index (χ0v) is 12.4. The second kappa shape index (κ2) is 5.85. The van der Waals surface area contributed by atoms with Gasteiger partial charge in [-0.1, -0.05) is 13.8 Å². The van der Waals surface area contributed by atoms with E-state index in [0.717, 1.165) is 0 Å². The molecule has 1 aliphatic rings. The standard InChI is InChI=1S/C10H22N2O4S2/c1-8(2)10(11)7-12-18(15,16)9-3-5-17(13,14)6-4-9/h8-10,12H,3-7,11H2,1-2H3. The van der Waals surface area contributed by atoms with Crippen LogP contribution in [0.3, 0.4) is 0 Å². The van der Waals surface area contributed by atoms with E-state index in [9.17, 15) is 16.8 Å². The van der Waals surface area contributed by atoms with Gasteiger partial charge in [-0.2, -0.15) is 0 Å². The molecule has 6 nitrogen and oxygen atoms in total. The van der Waals surface area contributed by atoms with Gasteiger partial charge in [-0.25, -0.2) is 21.6 Å². The van der Waals surface area contributed by atoms with Crippen LogP contribution in [0.15, 0.2) is 0 Å². The molecular formula is C10H22N2O4S2. The van der Waals surface area contributed by atoms with E-state index in [0.29, 0.717) is 0 Å². The van der Waals surface area contributed by atoms with E-state index in [2.05, 4.69) is 4.72 Å². The summed E-state index contributed by atoms with van der Waals surface area (Å²) < 4.78 is 48.9. The molecular weight excluding hydrogens is 276 g/mol. The number of nitrogens with one attached hydrogen (secondary N) is 1. The Morgan fingerprint density at radius 3 is 2.22 bits per heavy atom. The van der Waals surface area contributed by atoms with Gasteiger partial charge in [0.25, 0.3) is 0 Å². The molecule has 1 aliphatic heterocycles. The Kier molecular flexibility index (Phi) is 5.16. The van der Waals surface area contributed by atoms with Gasteiger partial charge in [0.05, 0.1) is 16.8 Å². The lowest BCUT2D eigenvalue weighted by Crippen LogP contribution is -2.45. The van der Waals surface area contributed by atoms with E-state index in [1.807, 2.05) is 13.8 Å². The van der Waals surface area contributed by atoms with E-state index in [4.69, 9.17) is 5.73 Å². The molecule has 8 heteroatoms. The summed E-state index contributed by atoms with van der Waals surface area (Å²) in [6.45, 7) is 4.04. The van der Waals surface area contributed by atoms with Crippen LogP contribution in [-0.4, -0.2) is 46.2 Å². The minimum atomic E-state index is -3.46. The van der Waals surface area contributed by atoms with Gasteiger partial charge in [-0.05, 0) is 18.8 Å². The molecule has 0 aromatic carbocycles. The minimum absolute atomic E-state index is 0.0468. The third-order valence-corrected chi connectivity index (χ3v) is 6.95. The fraction of sp³-hybridized carbons (Fsp3) is 1.00. The van der Waals surface area contributed by atoms with Crippen LogP contribution in [0.2, 0.25) is 0 Å². The van der Waals surface area contributed by atoms with Gasteiger partial charge < -0.3 is 5.73 Å². The Morgan fingerprint density at radius 2 is 1.78 bits per heavy atom. The van der Waals surface area contributed by atoms with Crippen molar-refractivity contribution in [1.82, 2.24) is 4.72 Å². The number of sulfone groups is 1. The quantitative estimate of drug-likeness (QED) is 0.709. The highest BCUT2D eigenvalue weighted by molar-refractivity contribution is 7.92. The maximum Gasteiger partial charge on any atom is 0.214 e. The van der Waals surface area contributed by atoms with Gasteiger partial charge in [0.2, 0.25) is 10.0 Å². The molecule has 0 radical (unpaired) electrons. The van der Waals surface area contributed by atoms with Gasteiger partial charge in [0, 0.05) is 12.6 Å². The summed E-state index contributed by atoms with van der Waals surface area (Å²) in [5, 5.41) is -0.611. The summed E-state index contributed by atoms with van der Waals surface area (Å²) in [6, 6.07) is -0.230. The van der Waals surface area contributed by atoms with Crippen LogP contribution < -0.4 is 10.5 Å². The molecule has 1 saturated heterocycles. The molecule has 0 aromatic heterocycles. The Balaban J connectivity index is 2.55. The Bertz CT molecular complexity index is 456. The van der Waals surface area contributed by atoms with Crippen LogP contribution in [0.5, 0.6) is 0 Å². The molecule has 18 heavy (non-hydrogen) atoms. The lowest BCUT2D eigenvalue weighted by atomic mass is 10.1. The van der Waals surface area contributed by atoms with Gasteiger partial charge in [0.1, 0.15) is 9.84 Å². The SMILES string of the molecule is CC(C)C(N)CNS(=O)(=O)C1CCS(=O)(=O)CC1. The molecule has 0 amide bonds. The van der Waals surface area contributed by atoms with Crippen molar-refractivity contribution in [3.63, 3.8) is 0 Å². The molecule has 0 saturated carbocycles. The summed E-state index contributed by atoms with van der Waals surface area (Å²) in [5.74, 6) is 0.100. The molecule has 3 N–H and O–H groups in total. The Hall–Kier alpha value is -0.180. The fourth-order valence-electron chi connectivity index (χ4n) is 1.74. The molecule has 1 fully saturated rings. The summed E-state index contributed by atoms with van der Waals surface area (Å²) in [4.78, 5) is 0. The third-order valence-electron chi connectivity index (χ3n) is 3.32. The number of hydrogen-bond acceptors (Lipinski definition) is 5. The van der Waals surface area contributed by atoms with E-state index >= 15 is 0 Å². The van der Waals surface area contributed by atoms with Crippen molar-refractivity contribution in [3.05, 3.63) is 0 Å². The molecule has 0 spiro atoms. The molecule has 0 bridgehead atoms. The van der Waals surface area contributed by atoms with Crippen LogP contribution in [0.4, 0.5) is 0 Å². The van der Waals surface area contributed by atoms with Gasteiger partial charge >= 0.3 is 0 Å². The summed E-state index contributed by atoms with van der Waals surface area (Å²) in [5.41, 5.74) is 5.77. The minimum Gasteiger partial charge on any atom is -0.326 e. The predicted molar refractivity (Wildman–Crippen MR) is 71.4 cm³/mol. The average molecular weight is 298 g/mol. The van der Waals surface area contributed by atoms with Crippen molar-refractivity contribution in [2.24, 2.45) is 11.7 Å². The number of nitrogens with two attached hydrogens (primary N) is 1. The molecule has 1 unspecified atom stereocenters. The van der Waals surface area contributed by atoms with Crippen molar-refractivity contribution >= 4 is 19.9 Å². The predicted octanol–water partition coefficient (Wildman–Crippen LogP) is -0.534. The van der Waals surface area contributed by atoms with E-state index in [1.165, 1.54) is 0 Å². The van der Waals surface area contributed by atoms with E-state index in [1.54, 1.807) is 0 Å². The smallest absolute Gasteiger partial charge is 0.214 e. The summed E-state index contributed by atoms with van der Waals surface area (Å²) in [6.07, 6.45) is 0.350. The highest BCUT2D eigenvalue weighted by Gasteiger charge is 2.32. The van der Waals surface area contributed by atoms with Crippen LogP contribution in [-0.2, 0) is 19.9 Å². The first-order chi connectivity index (χ1) is 8.14. The van der Waals surface area contributed by atoms with Crippen LogP contribution >= 0.6 is 0 Å². The molecule has 0 aromatic rings. The molecule has 1 rings (SSSR count). The van der Waals surface area contributed by atoms with Crippen LogP contribution in [0, 0.1) is 5.92 Å². The average Bonchev–Trinajstić information content (AvgIpc) is 2.25. The van der Waals surface area contributed by atoms with E-state index in [-0.39, 0.29) is 42.9 Å². The maximum absolute atomic E-state index is 12.0. The largest absolute Gasteiger partial charge is 0.326 e. The summed E-state index contributed by atoms with van der Waals surface area (Å²) >= 11 is 0. The highest BCUT2D eigenvalue weighted by Crippen LogP contribution is 2.18. The summed E-state index contributed by atoms with van der Waals surface area (Å²) in [7, 11) is -6.49. The first-order valence-electron chi connectivity index (χ1n) is 6.08. The topological polar surface area (TPSA) is 106 Å². The first kappa shape index (κ1) is 15.9. The van der Waals surface area contributed by atoms with Crippen LogP contribution in [0.25, 0.3) is 0 Å². The number of rotatable bonds is 5. The van der Waals surface area contributed by atoms with Gasteiger partial charge in [-0.15, -0.1) is 0 Å². The zero-order valence-electron chi connectivity index (χ0n) is 10.8.